The summed E-state index contributed by atoms with van der Waals surface area (Å²) < 4.78 is 19.7. The van der Waals surface area contributed by atoms with Gasteiger partial charge in [-0.1, -0.05) is 13.8 Å². The highest BCUT2D eigenvalue weighted by molar-refractivity contribution is 5.94. The van der Waals surface area contributed by atoms with E-state index in [0.717, 1.165) is 13.0 Å². The maximum absolute atomic E-state index is 11.5. The maximum Gasteiger partial charge on any atom is 0.313 e. The minimum Gasteiger partial charge on any atom is -0.462 e. The molecular formula is C21H36O8. The third-order valence-electron chi connectivity index (χ3n) is 4.65. The van der Waals surface area contributed by atoms with Crippen molar-refractivity contribution in [3.8, 4) is 0 Å². The van der Waals surface area contributed by atoms with Crippen LogP contribution in [0.1, 0.15) is 67.7 Å². The lowest BCUT2D eigenvalue weighted by Crippen LogP contribution is -2.27. The van der Waals surface area contributed by atoms with Crippen molar-refractivity contribution < 1.29 is 38.1 Å². The Balaban J connectivity index is 0.000000571. The summed E-state index contributed by atoms with van der Waals surface area (Å²) in [6, 6.07) is 0. The van der Waals surface area contributed by atoms with E-state index in [1.54, 1.807) is 13.8 Å². The molecule has 1 saturated heterocycles. The highest BCUT2D eigenvalue weighted by atomic mass is 16.6. The van der Waals surface area contributed by atoms with Crippen LogP contribution in [0.2, 0.25) is 0 Å². The molecule has 1 heterocycles. The van der Waals surface area contributed by atoms with Crippen molar-refractivity contribution in [1.82, 2.24) is 0 Å². The molecule has 0 amide bonds. The molecule has 1 aliphatic rings. The summed E-state index contributed by atoms with van der Waals surface area (Å²) in [6.45, 7) is 13.7. The number of carbonyl (C=O) groups excluding carboxylic acids is 4. The smallest absolute Gasteiger partial charge is 0.313 e. The monoisotopic (exact) mass is 416 g/mol. The highest BCUT2D eigenvalue weighted by Gasteiger charge is 2.30. The SMILES string of the molecule is CCC(C)(C)C(=O)OCC1CO1.CCC(C)(C)C(=O)OCCOC(=O)CC(C)=O. The molecule has 0 spiro atoms. The lowest BCUT2D eigenvalue weighted by atomic mass is 9.91. The molecule has 0 aromatic rings. The van der Waals surface area contributed by atoms with Crippen molar-refractivity contribution in [2.75, 3.05) is 26.4 Å². The molecule has 0 bridgehead atoms. The van der Waals surface area contributed by atoms with Crippen LogP contribution in [0.4, 0.5) is 0 Å². The van der Waals surface area contributed by atoms with Gasteiger partial charge in [-0.2, -0.15) is 0 Å². The fourth-order valence-corrected chi connectivity index (χ4v) is 1.56. The van der Waals surface area contributed by atoms with Gasteiger partial charge in [0, 0.05) is 0 Å². The molecule has 0 aliphatic carbocycles. The largest absolute Gasteiger partial charge is 0.462 e. The third kappa shape index (κ3) is 12.3. The van der Waals surface area contributed by atoms with E-state index in [1.165, 1.54) is 6.92 Å². The molecule has 0 aromatic carbocycles. The van der Waals surface area contributed by atoms with Crippen LogP contribution in [0, 0.1) is 10.8 Å². The molecule has 0 radical (unpaired) electrons. The first-order valence-electron chi connectivity index (χ1n) is 9.96. The van der Waals surface area contributed by atoms with E-state index in [0.29, 0.717) is 13.0 Å². The van der Waals surface area contributed by atoms with Crippen LogP contribution >= 0.6 is 0 Å². The minimum absolute atomic E-state index is 0.0162. The van der Waals surface area contributed by atoms with Gasteiger partial charge in [0.25, 0.3) is 0 Å². The summed E-state index contributed by atoms with van der Waals surface area (Å²) in [6.07, 6.45) is 1.41. The zero-order valence-electron chi connectivity index (χ0n) is 18.8. The number of carbonyl (C=O) groups is 4. The second kappa shape index (κ2) is 12.6. The normalized spacial score (nSPS) is 15.5. The Morgan fingerprint density at radius 1 is 0.862 bits per heavy atom. The van der Waals surface area contributed by atoms with Crippen LogP contribution in [0.5, 0.6) is 0 Å². The fourth-order valence-electron chi connectivity index (χ4n) is 1.56. The quantitative estimate of drug-likeness (QED) is 0.166. The second-order valence-corrected chi connectivity index (χ2v) is 8.26. The molecule has 1 unspecified atom stereocenters. The number of ketones is 1. The number of esters is 3. The number of Topliss-reactive ketones (excluding diaryl/α,β-unsaturated/α-hetero) is 1. The van der Waals surface area contributed by atoms with E-state index in [4.69, 9.17) is 18.9 Å². The Kier molecular flexibility index (Phi) is 11.7. The molecule has 1 aliphatic heterocycles. The van der Waals surface area contributed by atoms with Gasteiger partial charge in [0.15, 0.2) is 0 Å². The Labute approximate surface area is 173 Å². The molecule has 0 aromatic heterocycles. The Morgan fingerprint density at radius 2 is 1.31 bits per heavy atom. The van der Waals surface area contributed by atoms with E-state index in [9.17, 15) is 19.2 Å². The average molecular weight is 417 g/mol. The van der Waals surface area contributed by atoms with Crippen molar-refractivity contribution in [2.24, 2.45) is 10.8 Å². The van der Waals surface area contributed by atoms with Gasteiger partial charge in [0.2, 0.25) is 0 Å². The van der Waals surface area contributed by atoms with Crippen LogP contribution in [0.25, 0.3) is 0 Å². The van der Waals surface area contributed by atoms with Gasteiger partial charge < -0.3 is 18.9 Å². The molecule has 8 nitrogen and oxygen atoms in total. The van der Waals surface area contributed by atoms with Gasteiger partial charge in [-0.25, -0.2) is 0 Å². The zero-order chi connectivity index (χ0) is 22.7. The fraction of sp³-hybridized carbons (Fsp3) is 0.810. The van der Waals surface area contributed by atoms with Crippen LogP contribution < -0.4 is 0 Å². The summed E-state index contributed by atoms with van der Waals surface area (Å²) in [5.41, 5.74) is -0.877. The lowest BCUT2D eigenvalue weighted by molar-refractivity contribution is -0.159. The van der Waals surface area contributed by atoms with Gasteiger partial charge in [0.1, 0.15) is 38.1 Å². The van der Waals surface area contributed by atoms with E-state index >= 15 is 0 Å². The van der Waals surface area contributed by atoms with Crippen molar-refractivity contribution in [3.05, 3.63) is 0 Å². The van der Waals surface area contributed by atoms with Crippen LogP contribution in [-0.2, 0) is 38.1 Å². The summed E-state index contributed by atoms with van der Waals surface area (Å²) >= 11 is 0. The highest BCUT2D eigenvalue weighted by Crippen LogP contribution is 2.22. The number of hydrogen-bond acceptors (Lipinski definition) is 8. The van der Waals surface area contributed by atoms with E-state index in [2.05, 4.69) is 0 Å². The van der Waals surface area contributed by atoms with Gasteiger partial charge in [-0.05, 0) is 47.5 Å². The molecule has 0 saturated carbocycles. The number of hydrogen-bond donors (Lipinski definition) is 0. The first-order valence-corrected chi connectivity index (χ1v) is 9.96. The number of ether oxygens (including phenoxy) is 4. The topological polar surface area (TPSA) is 108 Å². The third-order valence-corrected chi connectivity index (χ3v) is 4.65. The van der Waals surface area contributed by atoms with Crippen molar-refractivity contribution in [1.29, 1.82) is 0 Å². The Hall–Kier alpha value is -1.96. The van der Waals surface area contributed by atoms with Crippen LogP contribution in [-0.4, -0.2) is 56.2 Å². The molecule has 8 heteroatoms. The molecule has 1 rings (SSSR count). The van der Waals surface area contributed by atoms with Gasteiger partial charge in [-0.15, -0.1) is 0 Å². The number of epoxide rings is 1. The average Bonchev–Trinajstić information content (AvgIpc) is 3.47. The van der Waals surface area contributed by atoms with Crippen LogP contribution in [0.3, 0.4) is 0 Å². The summed E-state index contributed by atoms with van der Waals surface area (Å²) in [4.78, 5) is 44.4. The molecule has 1 fully saturated rings. The summed E-state index contributed by atoms with van der Waals surface area (Å²) in [5, 5.41) is 0. The molecule has 1 atom stereocenters. The molecule has 0 N–H and O–H groups in total. The van der Waals surface area contributed by atoms with Gasteiger partial charge in [-0.3, -0.25) is 19.2 Å². The predicted octanol–water partition coefficient (Wildman–Crippen LogP) is 2.85. The first kappa shape index (κ1) is 27.0. The van der Waals surface area contributed by atoms with Crippen molar-refractivity contribution in [3.63, 3.8) is 0 Å². The second-order valence-electron chi connectivity index (χ2n) is 8.26. The van der Waals surface area contributed by atoms with E-state index in [1.807, 2.05) is 27.7 Å². The maximum atomic E-state index is 11.5. The molecule has 29 heavy (non-hydrogen) atoms. The summed E-state index contributed by atoms with van der Waals surface area (Å²) in [5.74, 6) is -1.29. The van der Waals surface area contributed by atoms with Gasteiger partial charge in [0.05, 0.1) is 17.4 Å². The minimum atomic E-state index is -0.594. The zero-order valence-corrected chi connectivity index (χ0v) is 18.8. The molecule has 168 valence electrons. The van der Waals surface area contributed by atoms with E-state index in [-0.39, 0.29) is 48.9 Å². The Morgan fingerprint density at radius 3 is 1.72 bits per heavy atom. The van der Waals surface area contributed by atoms with Gasteiger partial charge >= 0.3 is 17.9 Å². The first-order chi connectivity index (χ1) is 13.4. The Bertz CT molecular complexity index is 561. The number of rotatable bonds is 11. The predicted molar refractivity (Wildman–Crippen MR) is 106 cm³/mol. The van der Waals surface area contributed by atoms with Crippen molar-refractivity contribution >= 4 is 23.7 Å². The van der Waals surface area contributed by atoms with Crippen molar-refractivity contribution in [2.45, 2.75) is 73.8 Å². The molecular weight excluding hydrogens is 380 g/mol. The van der Waals surface area contributed by atoms with Crippen LogP contribution in [0.15, 0.2) is 0 Å². The van der Waals surface area contributed by atoms with E-state index < -0.39 is 11.4 Å². The summed E-state index contributed by atoms with van der Waals surface area (Å²) in [7, 11) is 0. The standard InChI is InChI=1S/C12H20O5.C9H16O3/c1-5-12(3,4)11(15)17-7-6-16-10(14)8-9(2)13;1-4-9(2,3)8(10)12-6-7-5-11-7/h5-8H2,1-4H3;7H,4-6H2,1-3H3. The lowest BCUT2D eigenvalue weighted by Gasteiger charge is -2.20.